The molecule has 1 aromatic carbocycles. The molecule has 1 N–H and O–H groups in total. The van der Waals surface area contributed by atoms with Crippen molar-refractivity contribution in [1.29, 1.82) is 0 Å². The molecular weight excluding hydrogens is 585 g/mol. The Labute approximate surface area is 229 Å². The van der Waals surface area contributed by atoms with E-state index in [1.54, 1.807) is 20.8 Å². The zero-order valence-corrected chi connectivity index (χ0v) is 24.4. The Balaban J connectivity index is 2.18. The number of hydrogen-bond acceptors (Lipinski definition) is 5. The van der Waals surface area contributed by atoms with Gasteiger partial charge in [-0.2, -0.15) is 0 Å². The molecule has 0 aliphatic heterocycles. The zero-order valence-electron chi connectivity index (χ0n) is 22.0. The van der Waals surface area contributed by atoms with Crippen molar-refractivity contribution in [2.45, 2.75) is 69.8 Å². The van der Waals surface area contributed by atoms with Crippen LogP contribution >= 0.6 is 15.9 Å². The van der Waals surface area contributed by atoms with Gasteiger partial charge >= 0.3 is 6.09 Å². The first-order valence-corrected chi connectivity index (χ1v) is 14.6. The first-order chi connectivity index (χ1) is 17.4. The average Bonchev–Trinajstić information content (AvgIpc) is 3.14. The molecule has 6 nitrogen and oxygen atoms in total. The first-order valence-electron chi connectivity index (χ1n) is 11.9. The minimum Gasteiger partial charge on any atom is -0.448 e. The maximum atomic E-state index is 14.5. The van der Waals surface area contributed by atoms with E-state index >= 15 is 0 Å². The maximum absolute atomic E-state index is 14.5. The van der Waals surface area contributed by atoms with Crippen LogP contribution in [0.4, 0.5) is 18.0 Å². The highest BCUT2D eigenvalue weighted by Gasteiger charge is 2.33. The van der Waals surface area contributed by atoms with Gasteiger partial charge in [0.15, 0.2) is 9.84 Å². The highest BCUT2D eigenvalue weighted by molar-refractivity contribution is 9.10. The van der Waals surface area contributed by atoms with Crippen LogP contribution in [-0.4, -0.2) is 48.8 Å². The molecule has 0 spiro atoms. The number of carbonyl (C=O) groups excluding carboxylic acids is 1. The molecule has 2 atom stereocenters. The number of benzene rings is 1. The molecule has 1 unspecified atom stereocenters. The Morgan fingerprint density at radius 1 is 1.16 bits per heavy atom. The van der Waals surface area contributed by atoms with E-state index in [4.69, 9.17) is 4.74 Å². The minimum absolute atomic E-state index is 0.0360. The van der Waals surface area contributed by atoms with E-state index in [0.717, 1.165) is 24.5 Å². The number of hydrogen-bond donors (Lipinski definition) is 1. The molecule has 1 heterocycles. The monoisotopic (exact) mass is 614 g/mol. The fourth-order valence-electron chi connectivity index (χ4n) is 3.86. The molecule has 1 aliphatic rings. The van der Waals surface area contributed by atoms with Gasteiger partial charge in [-0.15, -0.1) is 0 Å². The topological polar surface area (TPSA) is 85.4 Å². The second kappa shape index (κ2) is 10.9. The fourth-order valence-corrected chi connectivity index (χ4v) is 4.86. The number of aromatic nitrogens is 1. The van der Waals surface area contributed by atoms with Crippen LogP contribution in [-0.2, 0) is 27.4 Å². The van der Waals surface area contributed by atoms with Gasteiger partial charge in [0.05, 0.1) is 11.6 Å². The van der Waals surface area contributed by atoms with Crippen LogP contribution < -0.4 is 5.32 Å². The molecule has 3 rings (SSSR count). The van der Waals surface area contributed by atoms with Gasteiger partial charge in [0.1, 0.15) is 34.9 Å². The van der Waals surface area contributed by atoms with Crippen LogP contribution in [0.3, 0.4) is 0 Å². The normalized spacial score (nSPS) is 16.3. The van der Waals surface area contributed by atoms with Crippen molar-refractivity contribution in [3.05, 3.63) is 62.4 Å². The van der Waals surface area contributed by atoms with Gasteiger partial charge in [-0.25, -0.2) is 31.4 Å². The second-order valence-corrected chi connectivity index (χ2v) is 14.2. The molecule has 0 radical (unpaired) electrons. The first kappa shape index (κ1) is 30.0. The van der Waals surface area contributed by atoms with Crippen LogP contribution in [0.5, 0.6) is 0 Å². The number of alkyl halides is 1. The van der Waals surface area contributed by atoms with E-state index in [1.165, 1.54) is 13.8 Å². The third kappa shape index (κ3) is 7.08. The van der Waals surface area contributed by atoms with Crippen LogP contribution in [0, 0.1) is 23.5 Å². The number of ether oxygens (including phenoxy) is 1. The van der Waals surface area contributed by atoms with Crippen LogP contribution in [0.25, 0.3) is 0 Å². The number of fused-ring (bicyclic) bond motifs is 1. The Hall–Kier alpha value is -2.58. The van der Waals surface area contributed by atoms with Gasteiger partial charge in [0.2, 0.25) is 0 Å². The summed E-state index contributed by atoms with van der Waals surface area (Å²) in [5.74, 6) is 2.92. The van der Waals surface area contributed by atoms with E-state index in [-0.39, 0.29) is 36.4 Å². The number of pyridine rings is 1. The Kier molecular flexibility index (Phi) is 8.59. The summed E-state index contributed by atoms with van der Waals surface area (Å²) in [5, 5.41) is 2.65. The highest BCUT2D eigenvalue weighted by atomic mass is 79.9. The summed E-state index contributed by atoms with van der Waals surface area (Å²) in [6.07, 6.45) is -0.797. The molecule has 1 aliphatic carbocycles. The van der Waals surface area contributed by atoms with Crippen LogP contribution in [0.2, 0.25) is 0 Å². The molecule has 0 saturated heterocycles. The molecule has 38 heavy (non-hydrogen) atoms. The summed E-state index contributed by atoms with van der Waals surface area (Å²) in [6.45, 7) is 7.87. The largest absolute Gasteiger partial charge is 0.448 e. The van der Waals surface area contributed by atoms with E-state index in [1.807, 2.05) is 0 Å². The van der Waals surface area contributed by atoms with Crippen LogP contribution in [0.1, 0.15) is 68.6 Å². The van der Waals surface area contributed by atoms with Crippen molar-refractivity contribution in [2.75, 3.05) is 12.9 Å². The third-order valence-electron chi connectivity index (χ3n) is 6.11. The number of rotatable bonds is 5. The maximum Gasteiger partial charge on any atom is 0.407 e. The number of halogens is 4. The fraction of sp³-hybridized carbons (Fsp3) is 0.481. The van der Waals surface area contributed by atoms with Crippen molar-refractivity contribution in [3.63, 3.8) is 0 Å². The average molecular weight is 616 g/mol. The van der Waals surface area contributed by atoms with Crippen molar-refractivity contribution in [1.82, 2.24) is 10.3 Å². The number of nitrogens with zero attached hydrogens (tertiary/aromatic N) is 1. The van der Waals surface area contributed by atoms with Gasteiger partial charge < -0.3 is 10.1 Å². The lowest BCUT2D eigenvalue weighted by Crippen LogP contribution is -2.41. The van der Waals surface area contributed by atoms with Gasteiger partial charge in [0.25, 0.3) is 0 Å². The molecule has 11 heteroatoms. The molecule has 1 aromatic heterocycles. The summed E-state index contributed by atoms with van der Waals surface area (Å²) in [6, 6.07) is 2.93. The summed E-state index contributed by atoms with van der Waals surface area (Å²) >= 11 is 3.49. The lowest BCUT2D eigenvalue weighted by Gasteiger charge is -2.23. The number of amides is 1. The van der Waals surface area contributed by atoms with Crippen molar-refractivity contribution >= 4 is 31.9 Å². The van der Waals surface area contributed by atoms with E-state index < -0.39 is 49.9 Å². The Bertz CT molecular complexity index is 1410. The quantitative estimate of drug-likeness (QED) is 0.456. The van der Waals surface area contributed by atoms with Gasteiger partial charge in [0, 0.05) is 35.2 Å². The number of nitrogens with one attached hydrogen (secondary N) is 1. The van der Waals surface area contributed by atoms with E-state index in [2.05, 4.69) is 38.1 Å². The lowest BCUT2D eigenvalue weighted by atomic mass is 9.93. The highest BCUT2D eigenvalue weighted by Crippen LogP contribution is 2.39. The van der Waals surface area contributed by atoms with Gasteiger partial charge in [-0.1, -0.05) is 5.92 Å². The number of carbonyl (C=O) groups is 1. The van der Waals surface area contributed by atoms with Crippen LogP contribution in [0.15, 0.2) is 22.7 Å². The smallest absolute Gasteiger partial charge is 0.407 e. The molecule has 2 aromatic rings. The lowest BCUT2D eigenvalue weighted by molar-refractivity contribution is 0.133. The summed E-state index contributed by atoms with van der Waals surface area (Å²) in [4.78, 5) is 17.0. The predicted molar refractivity (Wildman–Crippen MR) is 142 cm³/mol. The Morgan fingerprint density at radius 3 is 2.29 bits per heavy atom. The zero-order chi connectivity index (χ0) is 28.6. The van der Waals surface area contributed by atoms with E-state index in [0.29, 0.717) is 15.6 Å². The molecule has 206 valence electrons. The Morgan fingerprint density at radius 2 is 1.74 bits per heavy atom. The van der Waals surface area contributed by atoms with Crippen molar-refractivity contribution < 1.29 is 31.1 Å². The molecule has 0 fully saturated rings. The molecule has 0 saturated carbocycles. The second-order valence-electron chi connectivity index (χ2n) is 10.9. The minimum atomic E-state index is -3.55. The third-order valence-corrected chi connectivity index (χ3v) is 8.95. The standard InChI is InChI=1S/C27H30BrF3N2O4S/c1-26(2,3)33-25(34)37-14-21(15-9-16(29)11-17(30)10-15)24-23(28)20-13-18(31)12-19(20)22(32-24)7-8-27(4,5)38(6,35)36/h9-11,18,21H,12-14H2,1-6H3,(H,33,34)/t18?,21-/m0/s1. The molecular formula is C27H30BrF3N2O4S. The predicted octanol–water partition coefficient (Wildman–Crippen LogP) is 5.39. The summed E-state index contributed by atoms with van der Waals surface area (Å²) in [5.41, 5.74) is 1.05. The summed E-state index contributed by atoms with van der Waals surface area (Å²) in [7, 11) is -3.55. The number of sulfone groups is 1. The van der Waals surface area contributed by atoms with Gasteiger partial charge in [-0.05, 0) is 85.3 Å². The molecule has 0 bridgehead atoms. The van der Waals surface area contributed by atoms with Gasteiger partial charge in [-0.3, -0.25) is 0 Å². The molecule has 1 amide bonds. The van der Waals surface area contributed by atoms with Crippen molar-refractivity contribution in [3.8, 4) is 11.8 Å². The van der Waals surface area contributed by atoms with Crippen molar-refractivity contribution in [2.24, 2.45) is 0 Å². The SMILES string of the molecule is CC(C)(C)NC(=O)OC[C@@H](c1cc(F)cc(F)c1)c1nc(C#CC(C)(C)S(C)(=O)=O)c2c(c1Br)CC(F)C2. The summed E-state index contributed by atoms with van der Waals surface area (Å²) < 4.78 is 71.8. The van der Waals surface area contributed by atoms with E-state index in [9.17, 15) is 26.4 Å². The number of alkyl carbamates (subject to hydrolysis) is 1.